The molecule has 10 nitrogen and oxygen atoms in total. The molecule has 1 aliphatic rings. The van der Waals surface area contributed by atoms with Crippen LogP contribution in [0.3, 0.4) is 0 Å². The van der Waals surface area contributed by atoms with Gasteiger partial charge in [-0.2, -0.15) is 15.5 Å². The van der Waals surface area contributed by atoms with Crippen LogP contribution in [0.2, 0.25) is 0 Å². The maximum atomic E-state index is 10.0. The van der Waals surface area contributed by atoms with Gasteiger partial charge in [0, 0.05) is 36.6 Å². The van der Waals surface area contributed by atoms with Crippen LogP contribution in [-0.2, 0) is 0 Å². The van der Waals surface area contributed by atoms with Crippen molar-refractivity contribution in [3.05, 3.63) is 54.6 Å². The smallest absolute Gasteiger partial charge is 0.145 e. The molecule has 1 saturated heterocycles. The Hall–Kier alpha value is -4.10. The first-order valence-electron chi connectivity index (χ1n) is 10.6. The van der Waals surface area contributed by atoms with Gasteiger partial charge in [0.25, 0.3) is 0 Å². The van der Waals surface area contributed by atoms with E-state index in [0.29, 0.717) is 22.6 Å². The third-order valence-electron chi connectivity index (χ3n) is 5.55. The summed E-state index contributed by atoms with van der Waals surface area (Å²) in [6.07, 6.45) is 6.92. The molecule has 0 bridgehead atoms. The number of pyridine rings is 2. The average Bonchev–Trinajstić information content (AvgIpc) is 3.36. The molecule has 0 aromatic carbocycles. The van der Waals surface area contributed by atoms with Gasteiger partial charge in [0.2, 0.25) is 0 Å². The second-order valence-electron chi connectivity index (χ2n) is 8.84. The maximum absolute atomic E-state index is 10.0. The first-order valence-corrected chi connectivity index (χ1v) is 10.6. The van der Waals surface area contributed by atoms with Gasteiger partial charge in [-0.1, -0.05) is 0 Å². The van der Waals surface area contributed by atoms with Gasteiger partial charge in [0.05, 0.1) is 35.1 Å². The third-order valence-corrected chi connectivity index (χ3v) is 5.55. The van der Waals surface area contributed by atoms with Crippen LogP contribution in [-0.4, -0.2) is 54.8 Å². The second kappa shape index (κ2) is 7.79. The number of nitrogens with zero attached hydrogens (tertiary/aromatic N) is 7. The molecule has 0 radical (unpaired) electrons. The largest absolute Gasteiger partial charge is 0.489 e. The van der Waals surface area contributed by atoms with Crippen molar-refractivity contribution in [3.8, 4) is 22.9 Å². The second-order valence-corrected chi connectivity index (χ2v) is 8.84. The van der Waals surface area contributed by atoms with E-state index in [4.69, 9.17) is 10.5 Å². The first-order chi connectivity index (χ1) is 15.8. The topological polar surface area (TPSA) is 131 Å². The third kappa shape index (κ3) is 4.06. The molecule has 3 N–H and O–H groups in total. The van der Waals surface area contributed by atoms with Crippen LogP contribution in [0.15, 0.2) is 49.1 Å². The Labute approximate surface area is 190 Å². The van der Waals surface area contributed by atoms with E-state index in [9.17, 15) is 10.4 Å². The van der Waals surface area contributed by atoms with E-state index in [1.54, 1.807) is 36.8 Å². The van der Waals surface area contributed by atoms with Crippen LogP contribution in [0.5, 0.6) is 5.75 Å². The number of aliphatic hydroxyl groups is 1. The van der Waals surface area contributed by atoms with Gasteiger partial charge in [0.15, 0.2) is 0 Å². The number of anilines is 2. The summed E-state index contributed by atoms with van der Waals surface area (Å²) in [5.74, 6) is 1.93. The van der Waals surface area contributed by atoms with Gasteiger partial charge in [-0.15, -0.1) is 0 Å². The van der Waals surface area contributed by atoms with Crippen LogP contribution < -0.4 is 15.4 Å². The number of ether oxygens (including phenoxy) is 1. The molecule has 0 aliphatic carbocycles. The van der Waals surface area contributed by atoms with Crippen LogP contribution in [0.25, 0.3) is 16.6 Å². The molecular weight excluding hydrogens is 420 g/mol. The molecule has 33 heavy (non-hydrogen) atoms. The molecule has 0 saturated carbocycles. The van der Waals surface area contributed by atoms with Crippen molar-refractivity contribution in [3.63, 3.8) is 0 Å². The summed E-state index contributed by atoms with van der Waals surface area (Å²) in [6, 6.07) is 10.1. The zero-order chi connectivity index (χ0) is 23.2. The number of nitriles is 1. The summed E-state index contributed by atoms with van der Waals surface area (Å²) in [5.41, 5.74) is 7.51. The maximum Gasteiger partial charge on any atom is 0.145 e. The van der Waals surface area contributed by atoms with Crippen molar-refractivity contribution in [2.45, 2.75) is 25.5 Å². The van der Waals surface area contributed by atoms with E-state index in [0.717, 1.165) is 30.0 Å². The normalized spacial score (nSPS) is 14.3. The molecule has 0 spiro atoms. The van der Waals surface area contributed by atoms with Crippen molar-refractivity contribution in [2.24, 2.45) is 0 Å². The fourth-order valence-corrected chi connectivity index (χ4v) is 3.84. The summed E-state index contributed by atoms with van der Waals surface area (Å²) < 4.78 is 9.30. The van der Waals surface area contributed by atoms with Crippen molar-refractivity contribution in [1.29, 1.82) is 5.26 Å². The summed E-state index contributed by atoms with van der Waals surface area (Å²) >= 11 is 0. The lowest BCUT2D eigenvalue weighted by Crippen LogP contribution is -2.48. The number of hydrogen-bond donors (Lipinski definition) is 2. The molecular formula is C23H24N8O2. The number of fused-ring (bicyclic) bond motifs is 1. The highest BCUT2D eigenvalue weighted by molar-refractivity contribution is 5.85. The van der Waals surface area contributed by atoms with Crippen molar-refractivity contribution in [2.75, 3.05) is 30.3 Å². The zero-order valence-electron chi connectivity index (χ0n) is 18.4. The van der Waals surface area contributed by atoms with Gasteiger partial charge >= 0.3 is 0 Å². The van der Waals surface area contributed by atoms with Crippen LogP contribution in [0.1, 0.15) is 25.5 Å². The number of nitrogens with two attached hydrogens (primary N) is 1. The molecule has 0 amide bonds. The molecule has 0 atom stereocenters. The van der Waals surface area contributed by atoms with Crippen molar-refractivity contribution >= 4 is 17.2 Å². The van der Waals surface area contributed by atoms with E-state index < -0.39 is 5.60 Å². The Balaban J connectivity index is 1.41. The summed E-state index contributed by atoms with van der Waals surface area (Å²) in [5, 5.41) is 28.1. The Morgan fingerprint density at radius 2 is 2.09 bits per heavy atom. The highest BCUT2D eigenvalue weighted by Gasteiger charge is 2.29. The SMILES string of the molecule is CC(C)(O)COc1cc(-c2ccc(N3CC(n4ccc(N)n4)C3)nc2)c2c(C#N)cnn2c1. The predicted octanol–water partition coefficient (Wildman–Crippen LogP) is 2.26. The number of nitrogen functional groups attached to an aromatic ring is 1. The minimum absolute atomic E-state index is 0.125. The quantitative estimate of drug-likeness (QED) is 0.463. The van der Waals surface area contributed by atoms with Gasteiger partial charge in [-0.3, -0.25) is 4.68 Å². The summed E-state index contributed by atoms with van der Waals surface area (Å²) in [7, 11) is 0. The lowest BCUT2D eigenvalue weighted by molar-refractivity contribution is 0.0283. The Morgan fingerprint density at radius 3 is 2.73 bits per heavy atom. The molecule has 168 valence electrons. The van der Waals surface area contributed by atoms with E-state index in [-0.39, 0.29) is 12.6 Å². The summed E-state index contributed by atoms with van der Waals surface area (Å²) in [6.45, 7) is 5.09. The standard InChI is InChI=1S/C23H24N8O2/c1-23(2,32)14-33-18-7-19(22-16(8-24)10-27-31(22)13-18)15-3-4-21(26-9-15)29-11-17(12-29)30-6-5-20(25)28-30/h3-7,9-10,13,17,32H,11-12,14H2,1-2H3,(H2,25,28). The molecule has 4 aromatic rings. The fourth-order valence-electron chi connectivity index (χ4n) is 3.84. The minimum Gasteiger partial charge on any atom is -0.489 e. The zero-order valence-corrected chi connectivity index (χ0v) is 18.4. The summed E-state index contributed by atoms with van der Waals surface area (Å²) in [4.78, 5) is 6.82. The highest BCUT2D eigenvalue weighted by Crippen LogP contribution is 2.33. The van der Waals surface area contributed by atoms with E-state index in [1.165, 1.54) is 6.20 Å². The van der Waals surface area contributed by atoms with Crippen LogP contribution >= 0.6 is 0 Å². The fraction of sp³-hybridized carbons (Fsp3) is 0.304. The average molecular weight is 444 g/mol. The van der Waals surface area contributed by atoms with E-state index >= 15 is 0 Å². The number of aromatic nitrogens is 5. The lowest BCUT2D eigenvalue weighted by Gasteiger charge is -2.40. The molecule has 1 fully saturated rings. The molecule has 1 aliphatic heterocycles. The van der Waals surface area contributed by atoms with Gasteiger partial charge in [0.1, 0.15) is 30.1 Å². The van der Waals surface area contributed by atoms with E-state index in [1.807, 2.05) is 29.1 Å². The van der Waals surface area contributed by atoms with Crippen LogP contribution in [0, 0.1) is 11.3 Å². The number of rotatable bonds is 6. The Morgan fingerprint density at radius 1 is 1.27 bits per heavy atom. The lowest BCUT2D eigenvalue weighted by atomic mass is 10.0. The van der Waals surface area contributed by atoms with Crippen LogP contribution in [0.4, 0.5) is 11.6 Å². The predicted molar refractivity (Wildman–Crippen MR) is 123 cm³/mol. The first kappa shape index (κ1) is 20.8. The Bertz CT molecular complexity index is 1340. The monoisotopic (exact) mass is 444 g/mol. The van der Waals surface area contributed by atoms with Crippen molar-refractivity contribution < 1.29 is 9.84 Å². The van der Waals surface area contributed by atoms with E-state index in [2.05, 4.69) is 26.2 Å². The molecule has 4 aromatic heterocycles. The number of hydrogen-bond acceptors (Lipinski definition) is 8. The molecule has 5 rings (SSSR count). The van der Waals surface area contributed by atoms with Crippen molar-refractivity contribution in [1.82, 2.24) is 24.4 Å². The van der Waals surface area contributed by atoms with Gasteiger partial charge < -0.3 is 20.5 Å². The Kier molecular flexibility index (Phi) is 4.91. The minimum atomic E-state index is -0.975. The molecule has 10 heteroatoms. The highest BCUT2D eigenvalue weighted by atomic mass is 16.5. The molecule has 0 unspecified atom stereocenters. The molecule has 5 heterocycles. The van der Waals surface area contributed by atoms with Gasteiger partial charge in [-0.25, -0.2) is 9.50 Å². The van der Waals surface area contributed by atoms with Gasteiger partial charge in [-0.05, 0) is 38.1 Å².